The third kappa shape index (κ3) is 5.66. The highest BCUT2D eigenvalue weighted by molar-refractivity contribution is 5.94. The van der Waals surface area contributed by atoms with Crippen LogP contribution in [0.15, 0.2) is 54.6 Å². The number of rotatable bonds is 6. The van der Waals surface area contributed by atoms with Gasteiger partial charge in [-0.2, -0.15) is 5.26 Å². The zero-order chi connectivity index (χ0) is 18.1. The van der Waals surface area contributed by atoms with Gasteiger partial charge in [0.15, 0.2) is 0 Å². The molecule has 0 aliphatic carbocycles. The molecule has 1 unspecified atom stereocenters. The Labute approximate surface area is 146 Å². The molecular formula is C19H20N4O2. The normalized spacial score (nSPS) is 11.0. The fourth-order valence-corrected chi connectivity index (χ4v) is 2.34. The van der Waals surface area contributed by atoms with E-state index in [2.05, 4.69) is 16.0 Å². The smallest absolute Gasteiger partial charge is 0.319 e. The summed E-state index contributed by atoms with van der Waals surface area (Å²) >= 11 is 0. The lowest BCUT2D eigenvalue weighted by Gasteiger charge is -2.19. The minimum atomic E-state index is -0.778. The van der Waals surface area contributed by atoms with Gasteiger partial charge in [-0.25, -0.2) is 4.79 Å². The van der Waals surface area contributed by atoms with Gasteiger partial charge in [0.25, 0.3) is 0 Å². The van der Waals surface area contributed by atoms with Crippen LogP contribution >= 0.6 is 0 Å². The topological polar surface area (TPSA) is 94.0 Å². The highest BCUT2D eigenvalue weighted by atomic mass is 16.2. The molecule has 0 saturated heterocycles. The quantitative estimate of drug-likeness (QED) is 0.707. The van der Waals surface area contributed by atoms with Crippen molar-refractivity contribution in [3.63, 3.8) is 0 Å². The van der Waals surface area contributed by atoms with Crippen molar-refractivity contribution in [1.29, 1.82) is 5.26 Å². The van der Waals surface area contributed by atoms with Crippen LogP contribution in [-0.2, 0) is 11.2 Å². The zero-order valence-corrected chi connectivity index (χ0v) is 14.0. The van der Waals surface area contributed by atoms with Crippen LogP contribution in [0.2, 0.25) is 0 Å². The lowest BCUT2D eigenvalue weighted by Crippen LogP contribution is -2.49. The summed E-state index contributed by atoms with van der Waals surface area (Å²) in [7, 11) is 0. The van der Waals surface area contributed by atoms with Crippen molar-refractivity contribution < 1.29 is 9.59 Å². The van der Waals surface area contributed by atoms with Crippen LogP contribution in [0.25, 0.3) is 0 Å². The summed E-state index contributed by atoms with van der Waals surface area (Å²) < 4.78 is 0. The number of hydrogen-bond acceptors (Lipinski definition) is 3. The number of para-hydroxylation sites is 1. The number of nitrogens with one attached hydrogen (secondary N) is 3. The Morgan fingerprint density at radius 2 is 1.76 bits per heavy atom. The van der Waals surface area contributed by atoms with Gasteiger partial charge in [-0.1, -0.05) is 48.5 Å². The minimum Gasteiger partial charge on any atom is -0.341 e. The number of carbonyl (C=O) groups is 2. The van der Waals surface area contributed by atoms with Gasteiger partial charge in [0.2, 0.25) is 5.91 Å². The number of amides is 3. The predicted molar refractivity (Wildman–Crippen MR) is 95.9 cm³/mol. The average molecular weight is 336 g/mol. The second-order valence-electron chi connectivity index (χ2n) is 5.53. The SMILES string of the molecule is Cc1ccccc1NC(=O)NC(Cc1ccccc1)C(=O)NCC#N. The fraction of sp³-hybridized carbons (Fsp3) is 0.211. The Kier molecular flexibility index (Phi) is 6.55. The second kappa shape index (κ2) is 9.08. The molecule has 2 aromatic carbocycles. The molecule has 1 atom stereocenters. The van der Waals surface area contributed by atoms with Gasteiger partial charge in [0.1, 0.15) is 12.6 Å². The van der Waals surface area contributed by atoms with Gasteiger partial charge < -0.3 is 16.0 Å². The Hall–Kier alpha value is -3.33. The molecule has 128 valence electrons. The van der Waals surface area contributed by atoms with Gasteiger partial charge in [-0.15, -0.1) is 0 Å². The van der Waals surface area contributed by atoms with E-state index in [0.29, 0.717) is 12.1 Å². The molecule has 0 fully saturated rings. The van der Waals surface area contributed by atoms with E-state index in [1.54, 1.807) is 6.07 Å². The van der Waals surface area contributed by atoms with Crippen LogP contribution in [0.3, 0.4) is 0 Å². The fourth-order valence-electron chi connectivity index (χ4n) is 2.34. The van der Waals surface area contributed by atoms with Gasteiger partial charge in [-0.3, -0.25) is 4.79 Å². The van der Waals surface area contributed by atoms with Crippen LogP contribution < -0.4 is 16.0 Å². The molecule has 0 bridgehead atoms. The van der Waals surface area contributed by atoms with E-state index in [1.807, 2.05) is 61.5 Å². The molecule has 0 spiro atoms. The van der Waals surface area contributed by atoms with Crippen molar-refractivity contribution in [2.45, 2.75) is 19.4 Å². The van der Waals surface area contributed by atoms with Crippen LogP contribution in [0.5, 0.6) is 0 Å². The Bertz CT molecular complexity index is 768. The molecule has 0 aliphatic heterocycles. The zero-order valence-electron chi connectivity index (χ0n) is 14.0. The standard InChI is InChI=1S/C19H20N4O2/c1-14-7-5-6-10-16(14)22-19(25)23-17(18(24)21-12-11-20)13-15-8-3-2-4-9-15/h2-10,17H,12-13H2,1H3,(H,21,24)(H2,22,23,25). The molecule has 0 saturated carbocycles. The molecule has 0 heterocycles. The first kappa shape index (κ1) is 18.0. The summed E-state index contributed by atoms with van der Waals surface area (Å²) in [5, 5.41) is 16.5. The first-order valence-electron chi connectivity index (χ1n) is 7.92. The number of urea groups is 1. The van der Waals surface area contributed by atoms with E-state index < -0.39 is 18.0 Å². The monoisotopic (exact) mass is 336 g/mol. The summed E-state index contributed by atoms with van der Waals surface area (Å²) in [5.74, 6) is -0.398. The maximum absolute atomic E-state index is 12.3. The molecule has 0 radical (unpaired) electrons. The first-order valence-corrected chi connectivity index (χ1v) is 7.92. The van der Waals surface area contributed by atoms with Crippen molar-refractivity contribution in [3.8, 4) is 6.07 Å². The van der Waals surface area contributed by atoms with Crippen LogP contribution in [0, 0.1) is 18.3 Å². The summed E-state index contributed by atoms with van der Waals surface area (Å²) in [4.78, 5) is 24.5. The van der Waals surface area contributed by atoms with Crippen molar-refractivity contribution in [2.24, 2.45) is 0 Å². The number of carbonyl (C=O) groups excluding carboxylic acids is 2. The van der Waals surface area contributed by atoms with Crippen molar-refractivity contribution in [2.75, 3.05) is 11.9 Å². The van der Waals surface area contributed by atoms with Gasteiger partial charge >= 0.3 is 6.03 Å². The van der Waals surface area contributed by atoms with Gasteiger partial charge in [0.05, 0.1) is 6.07 Å². The summed E-state index contributed by atoms with van der Waals surface area (Å²) in [6.07, 6.45) is 0.333. The molecule has 6 nitrogen and oxygen atoms in total. The summed E-state index contributed by atoms with van der Waals surface area (Å²) in [5.41, 5.74) is 2.51. The number of anilines is 1. The third-order valence-electron chi connectivity index (χ3n) is 3.64. The summed E-state index contributed by atoms with van der Waals surface area (Å²) in [6, 6.07) is 17.4. The van der Waals surface area contributed by atoms with Crippen molar-refractivity contribution in [3.05, 3.63) is 65.7 Å². The molecule has 3 N–H and O–H groups in total. The van der Waals surface area contributed by atoms with Crippen LogP contribution in [0.1, 0.15) is 11.1 Å². The summed E-state index contributed by atoms with van der Waals surface area (Å²) in [6.45, 7) is 1.78. The van der Waals surface area contributed by atoms with Crippen molar-refractivity contribution in [1.82, 2.24) is 10.6 Å². The number of nitrogens with zero attached hydrogens (tertiary/aromatic N) is 1. The highest BCUT2D eigenvalue weighted by Crippen LogP contribution is 2.13. The first-order chi connectivity index (χ1) is 12.1. The predicted octanol–water partition coefficient (Wildman–Crippen LogP) is 2.37. The average Bonchev–Trinajstić information content (AvgIpc) is 2.62. The second-order valence-corrected chi connectivity index (χ2v) is 5.53. The van der Waals surface area contributed by atoms with E-state index in [4.69, 9.17) is 5.26 Å². The largest absolute Gasteiger partial charge is 0.341 e. The van der Waals surface area contributed by atoms with Gasteiger partial charge in [0, 0.05) is 12.1 Å². The highest BCUT2D eigenvalue weighted by Gasteiger charge is 2.21. The molecule has 6 heteroatoms. The Morgan fingerprint density at radius 3 is 2.44 bits per heavy atom. The Balaban J connectivity index is 2.06. The molecule has 0 aliphatic rings. The lowest BCUT2D eigenvalue weighted by atomic mass is 10.1. The third-order valence-corrected chi connectivity index (χ3v) is 3.64. The van der Waals surface area contributed by atoms with Crippen molar-refractivity contribution >= 4 is 17.6 Å². The molecule has 25 heavy (non-hydrogen) atoms. The van der Waals surface area contributed by atoms with E-state index in [1.165, 1.54) is 0 Å². The molecule has 2 aromatic rings. The number of nitriles is 1. The molecule has 0 aromatic heterocycles. The number of aryl methyl sites for hydroxylation is 1. The minimum absolute atomic E-state index is 0.106. The maximum Gasteiger partial charge on any atom is 0.319 e. The van der Waals surface area contributed by atoms with Gasteiger partial charge in [-0.05, 0) is 24.1 Å². The number of hydrogen-bond donors (Lipinski definition) is 3. The molecular weight excluding hydrogens is 316 g/mol. The molecule has 2 rings (SSSR count). The van der Waals surface area contributed by atoms with Crippen LogP contribution in [-0.4, -0.2) is 24.5 Å². The Morgan fingerprint density at radius 1 is 1.08 bits per heavy atom. The van der Waals surface area contributed by atoms with E-state index in [-0.39, 0.29) is 6.54 Å². The number of benzene rings is 2. The molecule has 3 amide bonds. The maximum atomic E-state index is 12.3. The lowest BCUT2D eigenvalue weighted by molar-refractivity contribution is -0.122. The van der Waals surface area contributed by atoms with E-state index >= 15 is 0 Å². The van der Waals surface area contributed by atoms with E-state index in [9.17, 15) is 9.59 Å². The van der Waals surface area contributed by atoms with Crippen LogP contribution in [0.4, 0.5) is 10.5 Å². The van der Waals surface area contributed by atoms with E-state index in [0.717, 1.165) is 11.1 Å².